The number of amides is 1. The van der Waals surface area contributed by atoms with Gasteiger partial charge in [-0.3, -0.25) is 4.79 Å². The van der Waals surface area contributed by atoms with Crippen LogP contribution in [0.3, 0.4) is 0 Å². The van der Waals surface area contributed by atoms with E-state index in [1.165, 1.54) is 25.7 Å². The van der Waals surface area contributed by atoms with Crippen LogP contribution in [0.4, 0.5) is 0 Å². The Morgan fingerprint density at radius 2 is 1.88 bits per heavy atom. The first-order valence-electron chi connectivity index (χ1n) is 6.49. The molecule has 0 spiro atoms. The monoisotopic (exact) mass is 222 g/mol. The van der Waals surface area contributed by atoms with E-state index in [1.54, 1.807) is 0 Å². The Bertz CT molecular complexity index is 237. The molecule has 0 aromatic heterocycles. The molecular weight excluding hydrogens is 200 g/mol. The van der Waals surface area contributed by atoms with Gasteiger partial charge in [0.1, 0.15) is 0 Å². The van der Waals surface area contributed by atoms with Crippen molar-refractivity contribution < 1.29 is 4.79 Å². The van der Waals surface area contributed by atoms with E-state index >= 15 is 0 Å². The molecule has 16 heavy (non-hydrogen) atoms. The average molecular weight is 222 g/mol. The van der Waals surface area contributed by atoms with Gasteiger partial charge in [-0.15, -0.1) is 0 Å². The summed E-state index contributed by atoms with van der Waals surface area (Å²) in [6.45, 7) is 0.733. The molecule has 1 aliphatic rings. The highest BCUT2D eigenvalue weighted by molar-refractivity contribution is 5.78. The molecule has 0 saturated heterocycles. The average Bonchev–Trinajstić information content (AvgIpc) is 2.57. The second-order valence-corrected chi connectivity index (χ2v) is 4.59. The van der Waals surface area contributed by atoms with E-state index in [4.69, 9.17) is 5.26 Å². The summed E-state index contributed by atoms with van der Waals surface area (Å²) in [5, 5.41) is 11.4. The Morgan fingerprint density at radius 3 is 2.50 bits per heavy atom. The highest BCUT2D eigenvalue weighted by atomic mass is 16.1. The molecule has 3 nitrogen and oxygen atoms in total. The molecular formula is C13H22N2O. The van der Waals surface area contributed by atoms with E-state index in [-0.39, 0.29) is 11.8 Å². The Kier molecular flexibility index (Phi) is 6.64. The topological polar surface area (TPSA) is 52.9 Å². The Morgan fingerprint density at radius 1 is 1.19 bits per heavy atom. The third-order valence-electron chi connectivity index (χ3n) is 3.24. The maximum absolute atomic E-state index is 11.8. The van der Waals surface area contributed by atoms with Gasteiger partial charge in [-0.05, 0) is 25.7 Å². The molecule has 0 aromatic carbocycles. The molecule has 1 fully saturated rings. The molecule has 0 atom stereocenters. The van der Waals surface area contributed by atoms with Crippen LogP contribution >= 0.6 is 0 Å². The van der Waals surface area contributed by atoms with E-state index in [0.717, 1.165) is 32.2 Å². The SMILES string of the molecule is N#CCCCCNC(=O)C1CCCCCC1. The lowest BCUT2D eigenvalue weighted by Gasteiger charge is -2.13. The fraction of sp³-hybridized carbons (Fsp3) is 0.846. The van der Waals surface area contributed by atoms with E-state index in [0.29, 0.717) is 6.42 Å². The third-order valence-corrected chi connectivity index (χ3v) is 3.24. The number of nitriles is 1. The van der Waals surface area contributed by atoms with Crippen LogP contribution in [-0.4, -0.2) is 12.5 Å². The van der Waals surface area contributed by atoms with Gasteiger partial charge in [0.15, 0.2) is 0 Å². The van der Waals surface area contributed by atoms with E-state index in [9.17, 15) is 4.79 Å². The van der Waals surface area contributed by atoms with Crippen molar-refractivity contribution >= 4 is 5.91 Å². The Hall–Kier alpha value is -1.04. The molecule has 0 aromatic rings. The highest BCUT2D eigenvalue weighted by Gasteiger charge is 2.19. The first-order valence-corrected chi connectivity index (χ1v) is 6.49. The van der Waals surface area contributed by atoms with Gasteiger partial charge in [-0.2, -0.15) is 5.26 Å². The van der Waals surface area contributed by atoms with Gasteiger partial charge in [0, 0.05) is 18.9 Å². The van der Waals surface area contributed by atoms with E-state index in [1.807, 2.05) is 0 Å². The molecule has 1 amide bonds. The molecule has 1 aliphatic carbocycles. The molecule has 0 unspecified atom stereocenters. The minimum absolute atomic E-state index is 0.235. The first-order chi connectivity index (χ1) is 7.84. The largest absolute Gasteiger partial charge is 0.356 e. The molecule has 0 radical (unpaired) electrons. The van der Waals surface area contributed by atoms with Crippen molar-refractivity contribution in [3.05, 3.63) is 0 Å². The second-order valence-electron chi connectivity index (χ2n) is 4.59. The number of carbonyl (C=O) groups is 1. The normalized spacial score (nSPS) is 17.4. The summed E-state index contributed by atoms with van der Waals surface area (Å²) < 4.78 is 0. The van der Waals surface area contributed by atoms with Gasteiger partial charge >= 0.3 is 0 Å². The van der Waals surface area contributed by atoms with Gasteiger partial charge in [-0.1, -0.05) is 25.7 Å². The van der Waals surface area contributed by atoms with Crippen molar-refractivity contribution in [3.63, 3.8) is 0 Å². The third kappa shape index (κ3) is 5.16. The Balaban J connectivity index is 2.11. The zero-order valence-corrected chi connectivity index (χ0v) is 10.0. The fourth-order valence-electron chi connectivity index (χ4n) is 2.23. The van der Waals surface area contributed by atoms with Crippen LogP contribution in [0.15, 0.2) is 0 Å². The molecule has 1 rings (SSSR count). The minimum Gasteiger partial charge on any atom is -0.356 e. The van der Waals surface area contributed by atoms with Crippen molar-refractivity contribution in [2.24, 2.45) is 5.92 Å². The summed E-state index contributed by atoms with van der Waals surface area (Å²) in [7, 11) is 0. The molecule has 1 saturated carbocycles. The molecule has 0 aliphatic heterocycles. The summed E-state index contributed by atoms with van der Waals surface area (Å²) in [4.78, 5) is 11.8. The number of nitrogens with one attached hydrogen (secondary N) is 1. The summed E-state index contributed by atoms with van der Waals surface area (Å²) in [6, 6.07) is 2.11. The standard InChI is InChI=1S/C13H22N2O/c14-10-6-3-7-11-15-13(16)12-8-4-1-2-5-9-12/h12H,1-9,11H2,(H,15,16). The number of rotatable bonds is 5. The summed E-state index contributed by atoms with van der Waals surface area (Å²) >= 11 is 0. The quantitative estimate of drug-likeness (QED) is 0.574. The fourth-order valence-corrected chi connectivity index (χ4v) is 2.23. The Labute approximate surface area is 98.2 Å². The lowest BCUT2D eigenvalue weighted by Crippen LogP contribution is -2.31. The van der Waals surface area contributed by atoms with Crippen molar-refractivity contribution in [1.29, 1.82) is 5.26 Å². The van der Waals surface area contributed by atoms with Gasteiger partial charge in [0.2, 0.25) is 5.91 Å². The number of hydrogen-bond donors (Lipinski definition) is 1. The minimum atomic E-state index is 0.235. The van der Waals surface area contributed by atoms with Crippen molar-refractivity contribution in [3.8, 4) is 6.07 Å². The predicted molar refractivity (Wildman–Crippen MR) is 63.7 cm³/mol. The maximum Gasteiger partial charge on any atom is 0.223 e. The van der Waals surface area contributed by atoms with E-state index in [2.05, 4.69) is 11.4 Å². The van der Waals surface area contributed by atoms with Crippen LogP contribution in [-0.2, 0) is 4.79 Å². The molecule has 3 heteroatoms. The van der Waals surface area contributed by atoms with Crippen LogP contribution in [0, 0.1) is 17.2 Å². The molecule has 0 bridgehead atoms. The lowest BCUT2D eigenvalue weighted by atomic mass is 9.99. The molecule has 0 heterocycles. The summed E-state index contributed by atoms with van der Waals surface area (Å²) in [5.74, 6) is 0.484. The van der Waals surface area contributed by atoms with Crippen molar-refractivity contribution in [1.82, 2.24) is 5.32 Å². The predicted octanol–water partition coefficient (Wildman–Crippen LogP) is 2.77. The number of nitrogens with zero attached hydrogens (tertiary/aromatic N) is 1. The van der Waals surface area contributed by atoms with Gasteiger partial charge in [0.25, 0.3) is 0 Å². The zero-order chi connectivity index (χ0) is 11.6. The zero-order valence-electron chi connectivity index (χ0n) is 10.0. The molecule has 1 N–H and O–H groups in total. The number of carbonyl (C=O) groups excluding carboxylic acids is 1. The summed E-state index contributed by atoms with van der Waals surface area (Å²) in [5.41, 5.74) is 0. The highest BCUT2D eigenvalue weighted by Crippen LogP contribution is 2.22. The van der Waals surface area contributed by atoms with Crippen LogP contribution in [0.2, 0.25) is 0 Å². The van der Waals surface area contributed by atoms with Crippen molar-refractivity contribution in [2.75, 3.05) is 6.54 Å². The second kappa shape index (κ2) is 8.15. The number of unbranched alkanes of at least 4 members (excludes halogenated alkanes) is 2. The van der Waals surface area contributed by atoms with Crippen LogP contribution in [0.5, 0.6) is 0 Å². The van der Waals surface area contributed by atoms with Crippen LogP contribution in [0.1, 0.15) is 57.8 Å². The van der Waals surface area contributed by atoms with Crippen molar-refractivity contribution in [2.45, 2.75) is 57.8 Å². The van der Waals surface area contributed by atoms with E-state index < -0.39 is 0 Å². The maximum atomic E-state index is 11.8. The smallest absolute Gasteiger partial charge is 0.223 e. The van der Waals surface area contributed by atoms with Crippen LogP contribution in [0.25, 0.3) is 0 Å². The van der Waals surface area contributed by atoms with Gasteiger partial charge in [-0.25, -0.2) is 0 Å². The lowest BCUT2D eigenvalue weighted by molar-refractivity contribution is -0.125. The van der Waals surface area contributed by atoms with Crippen LogP contribution < -0.4 is 5.32 Å². The summed E-state index contributed by atoms with van der Waals surface area (Å²) in [6.07, 6.45) is 9.50. The molecule has 90 valence electrons. The van der Waals surface area contributed by atoms with Gasteiger partial charge in [0.05, 0.1) is 6.07 Å². The van der Waals surface area contributed by atoms with Gasteiger partial charge < -0.3 is 5.32 Å². The first kappa shape index (κ1) is 13.0. The number of hydrogen-bond acceptors (Lipinski definition) is 2.